The van der Waals surface area contributed by atoms with E-state index in [1.807, 2.05) is 45.0 Å². The van der Waals surface area contributed by atoms with Crippen molar-refractivity contribution in [1.29, 1.82) is 0 Å². The van der Waals surface area contributed by atoms with Crippen LogP contribution >= 0.6 is 0 Å². The van der Waals surface area contributed by atoms with E-state index in [1.165, 1.54) is 5.56 Å². The second-order valence-corrected chi connectivity index (χ2v) is 7.86. The first-order valence-electron chi connectivity index (χ1n) is 9.43. The van der Waals surface area contributed by atoms with E-state index in [4.69, 9.17) is 4.74 Å². The first-order valence-corrected chi connectivity index (χ1v) is 9.43. The van der Waals surface area contributed by atoms with Crippen LogP contribution in [0, 0.1) is 5.92 Å². The smallest absolute Gasteiger partial charge is 0.251 e. The molecular weight excluding hydrogens is 328 g/mol. The second-order valence-electron chi connectivity index (χ2n) is 7.86. The molecule has 146 valence electrons. The van der Waals surface area contributed by atoms with Gasteiger partial charge in [0.1, 0.15) is 6.04 Å². The normalized spacial score (nSPS) is 12.7. The Morgan fingerprint density at radius 3 is 2.23 bits per heavy atom. The molecule has 1 aromatic carbocycles. The molecule has 0 aliphatic rings. The molecule has 0 saturated carbocycles. The van der Waals surface area contributed by atoms with Gasteiger partial charge in [0.2, 0.25) is 5.91 Å². The van der Waals surface area contributed by atoms with Crippen molar-refractivity contribution in [3.63, 3.8) is 0 Å². The lowest BCUT2D eigenvalue weighted by Crippen LogP contribution is -2.50. The fraction of sp³-hybridized carbons (Fsp3) is 0.619. The Kier molecular flexibility index (Phi) is 8.79. The number of benzene rings is 1. The van der Waals surface area contributed by atoms with Crippen LogP contribution in [0.1, 0.15) is 63.9 Å². The van der Waals surface area contributed by atoms with Crippen LogP contribution in [0.25, 0.3) is 0 Å². The molecule has 0 heterocycles. The van der Waals surface area contributed by atoms with Crippen LogP contribution in [0.5, 0.6) is 0 Å². The molecule has 0 bridgehead atoms. The second kappa shape index (κ2) is 10.3. The van der Waals surface area contributed by atoms with Crippen molar-refractivity contribution >= 4 is 11.8 Å². The van der Waals surface area contributed by atoms with Crippen molar-refractivity contribution in [2.45, 2.75) is 59.4 Å². The fourth-order valence-corrected chi connectivity index (χ4v) is 2.52. The zero-order valence-corrected chi connectivity index (χ0v) is 17.0. The van der Waals surface area contributed by atoms with Crippen molar-refractivity contribution in [2.75, 3.05) is 19.8 Å². The van der Waals surface area contributed by atoms with Gasteiger partial charge < -0.3 is 15.4 Å². The molecule has 0 fully saturated rings. The van der Waals surface area contributed by atoms with Gasteiger partial charge in [-0.05, 0) is 42.4 Å². The molecule has 1 atom stereocenters. The maximum atomic E-state index is 12.5. The molecule has 0 saturated heterocycles. The van der Waals surface area contributed by atoms with Crippen molar-refractivity contribution in [1.82, 2.24) is 10.6 Å². The first-order chi connectivity index (χ1) is 12.2. The van der Waals surface area contributed by atoms with Crippen molar-refractivity contribution in [3.05, 3.63) is 35.4 Å². The van der Waals surface area contributed by atoms with Crippen LogP contribution in [0.3, 0.4) is 0 Å². The first kappa shape index (κ1) is 22.2. The minimum atomic E-state index is -0.558. The van der Waals surface area contributed by atoms with E-state index in [0.29, 0.717) is 25.3 Å². The summed E-state index contributed by atoms with van der Waals surface area (Å²) in [6.45, 7) is 14.0. The topological polar surface area (TPSA) is 67.4 Å². The number of carbonyl (C=O) groups is 2. The van der Waals surface area contributed by atoms with Gasteiger partial charge in [-0.15, -0.1) is 0 Å². The summed E-state index contributed by atoms with van der Waals surface area (Å²) in [4.78, 5) is 24.9. The van der Waals surface area contributed by atoms with Gasteiger partial charge in [0.05, 0.1) is 0 Å². The number of hydrogen-bond acceptors (Lipinski definition) is 3. The molecule has 0 aromatic heterocycles. The molecule has 2 amide bonds. The summed E-state index contributed by atoms with van der Waals surface area (Å²) < 4.78 is 5.26. The Labute approximate surface area is 157 Å². The zero-order valence-electron chi connectivity index (χ0n) is 17.0. The predicted octanol–water partition coefficient (Wildman–Crippen LogP) is 3.28. The third-order valence-corrected chi connectivity index (χ3v) is 4.22. The minimum absolute atomic E-state index is 0.000287. The molecular formula is C21H34N2O3. The number of rotatable bonds is 9. The lowest BCUT2D eigenvalue weighted by molar-refractivity contribution is -0.124. The van der Waals surface area contributed by atoms with E-state index >= 15 is 0 Å². The highest BCUT2D eigenvalue weighted by Crippen LogP contribution is 2.22. The molecule has 0 unspecified atom stereocenters. The van der Waals surface area contributed by atoms with Crippen LogP contribution in [-0.4, -0.2) is 37.6 Å². The largest absolute Gasteiger partial charge is 0.382 e. The van der Waals surface area contributed by atoms with Crippen LogP contribution in [0.15, 0.2) is 24.3 Å². The van der Waals surface area contributed by atoms with Crippen LogP contribution in [0.2, 0.25) is 0 Å². The molecule has 0 aliphatic carbocycles. The van der Waals surface area contributed by atoms with Gasteiger partial charge in [0, 0.05) is 25.3 Å². The van der Waals surface area contributed by atoms with E-state index in [2.05, 4.69) is 31.4 Å². The van der Waals surface area contributed by atoms with Crippen molar-refractivity contribution in [3.8, 4) is 0 Å². The summed E-state index contributed by atoms with van der Waals surface area (Å²) >= 11 is 0. The van der Waals surface area contributed by atoms with Gasteiger partial charge in [0.15, 0.2) is 0 Å². The number of ether oxygens (including phenoxy) is 1. The molecule has 5 nitrogen and oxygen atoms in total. The molecule has 0 aliphatic heterocycles. The van der Waals surface area contributed by atoms with Crippen LogP contribution in [0.4, 0.5) is 0 Å². The Morgan fingerprint density at radius 1 is 1.12 bits per heavy atom. The molecule has 1 aromatic rings. The highest BCUT2D eigenvalue weighted by atomic mass is 16.5. The molecule has 1 rings (SSSR count). The Balaban J connectivity index is 2.65. The van der Waals surface area contributed by atoms with Gasteiger partial charge in [-0.2, -0.15) is 0 Å². The summed E-state index contributed by atoms with van der Waals surface area (Å²) in [5.74, 6) is -0.385. The van der Waals surface area contributed by atoms with Gasteiger partial charge in [0.25, 0.3) is 5.91 Å². The standard InChI is InChI=1S/C21H34N2O3/c1-7-26-14-8-13-22-20(25)18(15(2)3)23-19(24)16-9-11-17(12-10-16)21(4,5)6/h9-12,15,18H,7-8,13-14H2,1-6H3,(H,22,25)(H,23,24)/t18-/m0/s1. The zero-order chi connectivity index (χ0) is 19.7. The maximum Gasteiger partial charge on any atom is 0.251 e. The molecule has 2 N–H and O–H groups in total. The highest BCUT2D eigenvalue weighted by Gasteiger charge is 2.24. The highest BCUT2D eigenvalue weighted by molar-refractivity contribution is 5.97. The third kappa shape index (κ3) is 7.16. The Bertz CT molecular complexity index is 574. The monoisotopic (exact) mass is 362 g/mol. The van der Waals surface area contributed by atoms with Gasteiger partial charge in [-0.3, -0.25) is 9.59 Å². The predicted molar refractivity (Wildman–Crippen MR) is 105 cm³/mol. The van der Waals surface area contributed by atoms with Crippen molar-refractivity contribution < 1.29 is 14.3 Å². The number of carbonyl (C=O) groups excluding carboxylic acids is 2. The van der Waals surface area contributed by atoms with Gasteiger partial charge in [-0.1, -0.05) is 46.8 Å². The molecule has 26 heavy (non-hydrogen) atoms. The van der Waals surface area contributed by atoms with E-state index < -0.39 is 6.04 Å². The summed E-state index contributed by atoms with van der Waals surface area (Å²) in [6.07, 6.45) is 0.757. The fourth-order valence-electron chi connectivity index (χ4n) is 2.52. The Morgan fingerprint density at radius 2 is 1.73 bits per heavy atom. The van der Waals surface area contributed by atoms with E-state index in [-0.39, 0.29) is 23.1 Å². The Hall–Kier alpha value is -1.88. The summed E-state index contributed by atoms with van der Waals surface area (Å²) in [6, 6.07) is 7.00. The number of amides is 2. The van der Waals surface area contributed by atoms with Crippen molar-refractivity contribution in [2.24, 2.45) is 5.92 Å². The lowest BCUT2D eigenvalue weighted by atomic mass is 9.86. The van der Waals surface area contributed by atoms with Gasteiger partial charge in [-0.25, -0.2) is 0 Å². The van der Waals surface area contributed by atoms with E-state index in [9.17, 15) is 9.59 Å². The summed E-state index contributed by atoms with van der Waals surface area (Å²) in [5.41, 5.74) is 1.77. The van der Waals surface area contributed by atoms with Crippen LogP contribution < -0.4 is 10.6 Å². The summed E-state index contributed by atoms with van der Waals surface area (Å²) in [5, 5.41) is 5.74. The minimum Gasteiger partial charge on any atom is -0.382 e. The third-order valence-electron chi connectivity index (χ3n) is 4.22. The number of nitrogens with one attached hydrogen (secondary N) is 2. The van der Waals surface area contributed by atoms with Crippen LogP contribution in [-0.2, 0) is 14.9 Å². The van der Waals surface area contributed by atoms with E-state index in [0.717, 1.165) is 6.42 Å². The van der Waals surface area contributed by atoms with E-state index in [1.54, 1.807) is 0 Å². The lowest BCUT2D eigenvalue weighted by Gasteiger charge is -2.22. The average molecular weight is 363 g/mol. The molecule has 5 heteroatoms. The maximum absolute atomic E-state index is 12.5. The SMILES string of the molecule is CCOCCCNC(=O)[C@@H](NC(=O)c1ccc(C(C)(C)C)cc1)C(C)C. The molecule has 0 spiro atoms. The quantitative estimate of drug-likeness (QED) is 0.663. The number of hydrogen-bond donors (Lipinski definition) is 2. The van der Waals surface area contributed by atoms with Gasteiger partial charge >= 0.3 is 0 Å². The molecule has 0 radical (unpaired) electrons. The summed E-state index contributed by atoms with van der Waals surface area (Å²) in [7, 11) is 0. The average Bonchev–Trinajstić information content (AvgIpc) is 2.58.